The molecule has 1 heterocycles. The van der Waals surface area contributed by atoms with Crippen LogP contribution in [0.25, 0.3) is 0 Å². The monoisotopic (exact) mass is 326 g/mol. The Morgan fingerprint density at radius 1 is 1.18 bits per heavy atom. The van der Waals surface area contributed by atoms with Gasteiger partial charge in [0.05, 0.1) is 17.7 Å². The molecule has 0 saturated carbocycles. The molecule has 0 unspecified atom stereocenters. The standard InChI is InChI=1S/C15H22N2O4S/c1-12(18)16-14-8-7-13(11-15(14)21-2)22(19,20)17-9-5-3-4-6-10-17/h7-8,11H,3-6,9-10H2,1-2H3,(H,16,18). The van der Waals surface area contributed by atoms with E-state index >= 15 is 0 Å². The summed E-state index contributed by atoms with van der Waals surface area (Å²) in [5, 5.41) is 2.62. The van der Waals surface area contributed by atoms with Crippen LogP contribution in [-0.2, 0) is 14.8 Å². The molecule has 0 aromatic heterocycles. The Morgan fingerprint density at radius 2 is 1.82 bits per heavy atom. The van der Waals surface area contributed by atoms with Gasteiger partial charge in [-0.15, -0.1) is 0 Å². The number of carbonyl (C=O) groups excluding carboxylic acids is 1. The van der Waals surface area contributed by atoms with Gasteiger partial charge in [0.15, 0.2) is 0 Å². The van der Waals surface area contributed by atoms with Crippen molar-refractivity contribution in [2.24, 2.45) is 0 Å². The molecule has 0 radical (unpaired) electrons. The average molecular weight is 326 g/mol. The van der Waals surface area contributed by atoms with Crippen molar-refractivity contribution in [3.05, 3.63) is 18.2 Å². The Morgan fingerprint density at radius 3 is 2.36 bits per heavy atom. The molecular formula is C15H22N2O4S. The van der Waals surface area contributed by atoms with Crippen LogP contribution in [0.2, 0.25) is 0 Å². The molecule has 1 aromatic carbocycles. The number of hydrogen-bond acceptors (Lipinski definition) is 4. The number of rotatable bonds is 4. The Balaban J connectivity index is 2.32. The van der Waals surface area contributed by atoms with Crippen molar-refractivity contribution >= 4 is 21.6 Å². The van der Waals surface area contributed by atoms with Gasteiger partial charge >= 0.3 is 0 Å². The van der Waals surface area contributed by atoms with Crippen LogP contribution in [0.1, 0.15) is 32.6 Å². The van der Waals surface area contributed by atoms with Crippen LogP contribution in [0.5, 0.6) is 5.75 Å². The molecule has 122 valence electrons. The van der Waals surface area contributed by atoms with E-state index in [0.29, 0.717) is 24.5 Å². The summed E-state index contributed by atoms with van der Waals surface area (Å²) in [5.74, 6) is 0.104. The molecule has 0 spiro atoms. The molecule has 1 aromatic rings. The molecule has 22 heavy (non-hydrogen) atoms. The summed E-state index contributed by atoms with van der Waals surface area (Å²) in [6.45, 7) is 2.50. The van der Waals surface area contributed by atoms with Crippen LogP contribution in [-0.4, -0.2) is 38.8 Å². The van der Waals surface area contributed by atoms with Gasteiger partial charge in [0.1, 0.15) is 5.75 Å². The van der Waals surface area contributed by atoms with E-state index in [2.05, 4.69) is 5.32 Å². The van der Waals surface area contributed by atoms with Crippen LogP contribution in [0, 0.1) is 0 Å². The van der Waals surface area contributed by atoms with Gasteiger partial charge < -0.3 is 10.1 Å². The van der Waals surface area contributed by atoms with Crippen molar-refractivity contribution in [3.63, 3.8) is 0 Å². The summed E-state index contributed by atoms with van der Waals surface area (Å²) in [5.41, 5.74) is 0.463. The Kier molecular flexibility index (Phi) is 5.42. The summed E-state index contributed by atoms with van der Waals surface area (Å²) in [4.78, 5) is 11.4. The lowest BCUT2D eigenvalue weighted by molar-refractivity contribution is -0.114. The van der Waals surface area contributed by atoms with E-state index in [1.54, 1.807) is 6.07 Å². The second-order valence-corrected chi connectivity index (χ2v) is 7.30. The second kappa shape index (κ2) is 7.11. The number of methoxy groups -OCH3 is 1. The number of hydrogen-bond donors (Lipinski definition) is 1. The highest BCUT2D eigenvalue weighted by Crippen LogP contribution is 2.29. The molecular weight excluding hydrogens is 304 g/mol. The summed E-state index contributed by atoms with van der Waals surface area (Å²) in [6.07, 6.45) is 3.91. The summed E-state index contributed by atoms with van der Waals surface area (Å²) in [6, 6.07) is 4.53. The van der Waals surface area contributed by atoms with E-state index in [1.165, 1.54) is 30.5 Å². The number of carbonyl (C=O) groups is 1. The first-order valence-electron chi connectivity index (χ1n) is 7.41. The van der Waals surface area contributed by atoms with Crippen molar-refractivity contribution in [3.8, 4) is 5.75 Å². The minimum Gasteiger partial charge on any atom is -0.495 e. The highest BCUT2D eigenvalue weighted by Gasteiger charge is 2.26. The minimum atomic E-state index is -3.52. The molecule has 7 heteroatoms. The van der Waals surface area contributed by atoms with E-state index in [1.807, 2.05) is 0 Å². The van der Waals surface area contributed by atoms with Crippen molar-refractivity contribution < 1.29 is 17.9 Å². The van der Waals surface area contributed by atoms with E-state index in [4.69, 9.17) is 4.74 Å². The van der Waals surface area contributed by atoms with Crippen molar-refractivity contribution in [2.75, 3.05) is 25.5 Å². The van der Waals surface area contributed by atoms with Gasteiger partial charge in [0, 0.05) is 26.1 Å². The van der Waals surface area contributed by atoms with Crippen LogP contribution in [0.15, 0.2) is 23.1 Å². The fraction of sp³-hybridized carbons (Fsp3) is 0.533. The molecule has 1 aliphatic rings. The van der Waals surface area contributed by atoms with Gasteiger partial charge in [-0.2, -0.15) is 4.31 Å². The minimum absolute atomic E-state index is 0.195. The Hall–Kier alpha value is -1.60. The van der Waals surface area contributed by atoms with Gasteiger partial charge in [0.25, 0.3) is 0 Å². The maximum Gasteiger partial charge on any atom is 0.243 e. The fourth-order valence-corrected chi connectivity index (χ4v) is 4.09. The predicted octanol–water partition coefficient (Wildman–Crippen LogP) is 2.22. The molecule has 2 rings (SSSR count). The molecule has 0 atom stereocenters. The van der Waals surface area contributed by atoms with Crippen molar-refractivity contribution in [1.29, 1.82) is 0 Å². The number of nitrogens with zero attached hydrogens (tertiary/aromatic N) is 1. The Labute approximate surface area is 131 Å². The third-order valence-electron chi connectivity index (χ3n) is 3.69. The lowest BCUT2D eigenvalue weighted by Gasteiger charge is -2.20. The van der Waals surface area contributed by atoms with Gasteiger partial charge in [-0.1, -0.05) is 12.8 Å². The summed E-state index contributed by atoms with van der Waals surface area (Å²) in [7, 11) is -2.08. The lowest BCUT2D eigenvalue weighted by atomic mass is 10.2. The largest absolute Gasteiger partial charge is 0.495 e. The first kappa shape index (κ1) is 16.8. The third kappa shape index (κ3) is 3.78. The van der Waals surface area contributed by atoms with Gasteiger partial charge in [0.2, 0.25) is 15.9 Å². The molecule has 1 N–H and O–H groups in total. The van der Waals surface area contributed by atoms with E-state index in [0.717, 1.165) is 25.7 Å². The topological polar surface area (TPSA) is 75.7 Å². The highest BCUT2D eigenvalue weighted by atomic mass is 32.2. The number of amides is 1. The van der Waals surface area contributed by atoms with Crippen LogP contribution in [0.4, 0.5) is 5.69 Å². The van der Waals surface area contributed by atoms with Crippen LogP contribution < -0.4 is 10.1 Å². The van der Waals surface area contributed by atoms with Crippen LogP contribution in [0.3, 0.4) is 0 Å². The summed E-state index contributed by atoms with van der Waals surface area (Å²) < 4.78 is 32.2. The van der Waals surface area contributed by atoms with Crippen LogP contribution >= 0.6 is 0 Å². The first-order valence-corrected chi connectivity index (χ1v) is 8.85. The fourth-order valence-electron chi connectivity index (χ4n) is 2.56. The SMILES string of the molecule is COc1cc(S(=O)(=O)N2CCCCCC2)ccc1NC(C)=O. The number of benzene rings is 1. The first-order chi connectivity index (χ1) is 10.4. The van der Waals surface area contributed by atoms with E-state index in [-0.39, 0.29) is 10.8 Å². The molecule has 0 bridgehead atoms. The lowest BCUT2D eigenvalue weighted by Crippen LogP contribution is -2.31. The maximum absolute atomic E-state index is 12.7. The molecule has 1 fully saturated rings. The van der Waals surface area contributed by atoms with E-state index < -0.39 is 10.0 Å². The van der Waals surface area contributed by atoms with Gasteiger partial charge in [-0.3, -0.25) is 4.79 Å². The quantitative estimate of drug-likeness (QED) is 0.920. The van der Waals surface area contributed by atoms with Crippen molar-refractivity contribution in [2.45, 2.75) is 37.5 Å². The zero-order valence-electron chi connectivity index (χ0n) is 13.0. The molecule has 1 aliphatic heterocycles. The zero-order chi connectivity index (χ0) is 16.2. The maximum atomic E-state index is 12.7. The number of nitrogens with one attached hydrogen (secondary N) is 1. The Bertz CT molecular complexity index is 635. The molecule has 1 amide bonds. The number of anilines is 1. The molecule has 6 nitrogen and oxygen atoms in total. The molecule has 1 saturated heterocycles. The molecule has 0 aliphatic carbocycles. The zero-order valence-corrected chi connectivity index (χ0v) is 13.8. The van der Waals surface area contributed by atoms with E-state index in [9.17, 15) is 13.2 Å². The third-order valence-corrected chi connectivity index (χ3v) is 5.58. The highest BCUT2D eigenvalue weighted by molar-refractivity contribution is 7.89. The van der Waals surface area contributed by atoms with Crippen molar-refractivity contribution in [1.82, 2.24) is 4.31 Å². The average Bonchev–Trinajstić information content (AvgIpc) is 2.76. The second-order valence-electron chi connectivity index (χ2n) is 5.36. The van der Waals surface area contributed by atoms with Gasteiger partial charge in [-0.25, -0.2) is 8.42 Å². The number of ether oxygens (including phenoxy) is 1. The smallest absolute Gasteiger partial charge is 0.243 e. The normalized spacial score (nSPS) is 16.8. The van der Waals surface area contributed by atoms with Gasteiger partial charge in [-0.05, 0) is 25.0 Å². The number of sulfonamides is 1. The predicted molar refractivity (Wildman–Crippen MR) is 84.5 cm³/mol. The summed E-state index contributed by atoms with van der Waals surface area (Å²) >= 11 is 0.